The smallest absolute Gasteiger partial charge is 0.419 e. The zero-order chi connectivity index (χ0) is 32.6. The summed E-state index contributed by atoms with van der Waals surface area (Å²) in [5, 5.41) is 6.34. The Kier molecular flexibility index (Phi) is 12.2. The van der Waals surface area contributed by atoms with Gasteiger partial charge in [-0.25, -0.2) is 9.97 Å². The molecule has 2 fully saturated rings. The topological polar surface area (TPSA) is 99.7 Å². The number of hydrogen-bond acceptors (Lipinski definition) is 8. The number of Topliss-reactive ketones (excluding diaryl/α,β-unsaturated/α-hetero) is 1. The van der Waals surface area contributed by atoms with E-state index in [-0.39, 0.29) is 48.3 Å². The fourth-order valence-electron chi connectivity index (χ4n) is 6.48. The van der Waals surface area contributed by atoms with Crippen LogP contribution in [-0.2, 0) is 17.4 Å². The van der Waals surface area contributed by atoms with Crippen molar-refractivity contribution in [2.75, 3.05) is 52.2 Å². The summed E-state index contributed by atoms with van der Waals surface area (Å²) < 4.78 is 47.8. The largest absolute Gasteiger partial charge is 0.495 e. The SMILES string of the molecule is CCN(CC)C(=O)CN[C@@H]1CCCC[C@H]1Cc1nc(Nc2ccc(C(=O)CC3CCN(C)CC3)cc2OC)ncc1C(F)(F)F. The maximum absolute atomic E-state index is 14.1. The summed E-state index contributed by atoms with van der Waals surface area (Å²) in [4.78, 5) is 38.0. The van der Waals surface area contributed by atoms with E-state index in [0.29, 0.717) is 42.4 Å². The average Bonchev–Trinajstić information content (AvgIpc) is 3.02. The van der Waals surface area contributed by atoms with Gasteiger partial charge in [-0.2, -0.15) is 13.2 Å². The minimum Gasteiger partial charge on any atom is -0.495 e. The highest BCUT2D eigenvalue weighted by molar-refractivity contribution is 5.97. The first-order valence-electron chi connectivity index (χ1n) is 16.1. The van der Waals surface area contributed by atoms with E-state index in [1.165, 1.54) is 7.11 Å². The van der Waals surface area contributed by atoms with Gasteiger partial charge in [0.15, 0.2) is 5.78 Å². The van der Waals surface area contributed by atoms with Crippen molar-refractivity contribution in [2.24, 2.45) is 11.8 Å². The van der Waals surface area contributed by atoms with Crippen LogP contribution in [0.4, 0.5) is 24.8 Å². The molecule has 2 atom stereocenters. The number of anilines is 2. The molecule has 2 aromatic rings. The monoisotopic (exact) mass is 632 g/mol. The van der Waals surface area contributed by atoms with Gasteiger partial charge in [0.2, 0.25) is 11.9 Å². The molecule has 2 aliphatic rings. The summed E-state index contributed by atoms with van der Waals surface area (Å²) in [5.74, 6) is 0.645. The Balaban J connectivity index is 1.50. The molecule has 1 aromatic heterocycles. The van der Waals surface area contributed by atoms with Crippen molar-refractivity contribution >= 4 is 23.3 Å². The molecule has 0 spiro atoms. The average molecular weight is 633 g/mol. The zero-order valence-corrected chi connectivity index (χ0v) is 26.9. The van der Waals surface area contributed by atoms with Crippen LogP contribution in [0.25, 0.3) is 0 Å². The Labute approximate surface area is 264 Å². The molecular formula is C33H47F3N6O3. The van der Waals surface area contributed by atoms with Gasteiger partial charge in [0.05, 0.1) is 30.6 Å². The predicted octanol–water partition coefficient (Wildman–Crippen LogP) is 5.72. The van der Waals surface area contributed by atoms with Crippen molar-refractivity contribution < 1.29 is 27.5 Å². The van der Waals surface area contributed by atoms with Gasteiger partial charge in [-0.15, -0.1) is 0 Å². The van der Waals surface area contributed by atoms with E-state index >= 15 is 0 Å². The zero-order valence-electron chi connectivity index (χ0n) is 26.9. The molecule has 2 heterocycles. The van der Waals surface area contributed by atoms with Gasteiger partial charge in [-0.05, 0) is 96.1 Å². The van der Waals surface area contributed by atoms with Crippen LogP contribution in [0.5, 0.6) is 5.75 Å². The number of alkyl halides is 3. The number of carbonyl (C=O) groups is 2. The second-order valence-electron chi connectivity index (χ2n) is 12.3. The molecule has 0 unspecified atom stereocenters. The Morgan fingerprint density at radius 2 is 1.80 bits per heavy atom. The fourth-order valence-corrected chi connectivity index (χ4v) is 6.48. The first-order valence-corrected chi connectivity index (χ1v) is 16.1. The van der Waals surface area contributed by atoms with E-state index in [1.54, 1.807) is 23.1 Å². The van der Waals surface area contributed by atoms with Crippen molar-refractivity contribution in [1.29, 1.82) is 0 Å². The van der Waals surface area contributed by atoms with E-state index in [2.05, 4.69) is 32.5 Å². The second kappa shape index (κ2) is 15.8. The van der Waals surface area contributed by atoms with Crippen molar-refractivity contribution in [3.05, 3.63) is 41.2 Å². The molecule has 248 valence electrons. The van der Waals surface area contributed by atoms with Gasteiger partial charge in [0.25, 0.3) is 0 Å². The summed E-state index contributed by atoms with van der Waals surface area (Å²) >= 11 is 0. The number of benzene rings is 1. The molecule has 2 N–H and O–H groups in total. The van der Waals surface area contributed by atoms with Crippen LogP contribution in [0.3, 0.4) is 0 Å². The van der Waals surface area contributed by atoms with Crippen LogP contribution in [0.2, 0.25) is 0 Å². The summed E-state index contributed by atoms with van der Waals surface area (Å²) in [6.45, 7) is 7.18. The molecule has 9 nitrogen and oxygen atoms in total. The Bertz CT molecular complexity index is 1290. The number of ketones is 1. The second-order valence-corrected chi connectivity index (χ2v) is 12.3. The van der Waals surface area contributed by atoms with Crippen molar-refractivity contribution in [3.8, 4) is 5.75 Å². The summed E-state index contributed by atoms with van der Waals surface area (Å²) in [5.41, 5.74) is 0.0305. The number of halogens is 3. The van der Waals surface area contributed by atoms with Gasteiger partial charge in [0.1, 0.15) is 5.75 Å². The first kappa shape index (κ1) is 34.6. The number of amides is 1. The molecule has 4 rings (SSSR count). The van der Waals surface area contributed by atoms with Gasteiger partial charge < -0.3 is 25.2 Å². The molecule has 45 heavy (non-hydrogen) atoms. The Hall–Kier alpha value is -3.25. The van der Waals surface area contributed by atoms with E-state index in [9.17, 15) is 22.8 Å². The standard InChI is InChI=1S/C33H47F3N6O3/c1-5-42(6-2)31(44)21-37-26-10-8-7-9-23(26)18-28-25(33(34,35)36)20-38-32(40-28)39-27-12-11-24(19-30(27)45-4)29(43)17-22-13-15-41(3)16-14-22/h11-12,19-20,22-23,26,37H,5-10,13-18,21H2,1-4H3,(H,38,39,40)/t23-,26+/m0/s1. The predicted molar refractivity (Wildman–Crippen MR) is 168 cm³/mol. The van der Waals surface area contributed by atoms with Crippen molar-refractivity contribution in [3.63, 3.8) is 0 Å². The number of piperidine rings is 1. The molecule has 1 amide bonds. The highest BCUT2D eigenvalue weighted by Gasteiger charge is 2.37. The van der Waals surface area contributed by atoms with Gasteiger partial charge in [0, 0.05) is 37.3 Å². The number of ether oxygens (including phenoxy) is 1. The quantitative estimate of drug-likeness (QED) is 0.271. The van der Waals surface area contributed by atoms with E-state index < -0.39 is 11.7 Å². The highest BCUT2D eigenvalue weighted by Crippen LogP contribution is 2.36. The lowest BCUT2D eigenvalue weighted by Crippen LogP contribution is -2.46. The van der Waals surface area contributed by atoms with Crippen LogP contribution >= 0.6 is 0 Å². The minimum absolute atomic E-state index is 0.0127. The maximum Gasteiger partial charge on any atom is 0.419 e. The molecule has 1 saturated carbocycles. The van der Waals surface area contributed by atoms with Crippen molar-refractivity contribution in [2.45, 2.75) is 77.4 Å². The van der Waals surface area contributed by atoms with Crippen LogP contribution in [0.15, 0.2) is 24.4 Å². The number of likely N-dealkylation sites (N-methyl/N-ethyl adjacent to an activating group) is 1. The Morgan fingerprint density at radius 1 is 1.09 bits per heavy atom. The summed E-state index contributed by atoms with van der Waals surface area (Å²) in [6.07, 6.45) is 2.13. The van der Waals surface area contributed by atoms with Crippen molar-refractivity contribution in [1.82, 2.24) is 25.1 Å². The number of carbonyl (C=O) groups excluding carboxylic acids is 2. The van der Waals surface area contributed by atoms with Crippen LogP contribution in [0, 0.1) is 11.8 Å². The third kappa shape index (κ3) is 9.38. The fraction of sp³-hybridized carbons (Fsp3) is 0.636. The summed E-state index contributed by atoms with van der Waals surface area (Å²) in [7, 11) is 3.56. The molecule has 1 aliphatic heterocycles. The molecule has 0 radical (unpaired) electrons. The van der Waals surface area contributed by atoms with E-state index in [1.807, 2.05) is 13.8 Å². The maximum atomic E-state index is 14.1. The molecular weight excluding hydrogens is 585 g/mol. The Morgan fingerprint density at radius 3 is 2.47 bits per heavy atom. The molecule has 1 saturated heterocycles. The lowest BCUT2D eigenvalue weighted by molar-refractivity contribution is -0.138. The number of aromatic nitrogens is 2. The third-order valence-corrected chi connectivity index (χ3v) is 9.25. The van der Waals surface area contributed by atoms with E-state index in [4.69, 9.17) is 4.74 Å². The number of methoxy groups -OCH3 is 1. The minimum atomic E-state index is -4.61. The normalized spacial score (nSPS) is 19.7. The third-order valence-electron chi connectivity index (χ3n) is 9.25. The molecule has 12 heteroatoms. The van der Waals surface area contributed by atoms with E-state index in [0.717, 1.165) is 57.8 Å². The first-order chi connectivity index (χ1) is 21.5. The lowest BCUT2D eigenvalue weighted by atomic mass is 9.81. The number of nitrogens with zero attached hydrogens (tertiary/aromatic N) is 4. The lowest BCUT2D eigenvalue weighted by Gasteiger charge is -2.33. The molecule has 1 aromatic carbocycles. The van der Waals surface area contributed by atoms with Crippen LogP contribution in [-0.4, -0.2) is 84.4 Å². The number of likely N-dealkylation sites (tertiary alicyclic amines) is 1. The number of hydrogen-bond donors (Lipinski definition) is 2. The van der Waals surface area contributed by atoms with Gasteiger partial charge in [-0.3, -0.25) is 9.59 Å². The van der Waals surface area contributed by atoms with Crippen LogP contribution in [0.1, 0.15) is 80.4 Å². The highest BCUT2D eigenvalue weighted by atomic mass is 19.4. The number of nitrogens with one attached hydrogen (secondary N) is 2. The van der Waals surface area contributed by atoms with Gasteiger partial charge >= 0.3 is 6.18 Å². The number of rotatable bonds is 13. The summed E-state index contributed by atoms with van der Waals surface area (Å²) in [6, 6.07) is 4.94. The molecule has 0 bridgehead atoms. The van der Waals surface area contributed by atoms with Gasteiger partial charge in [-0.1, -0.05) is 12.8 Å². The molecule has 1 aliphatic carbocycles. The van der Waals surface area contributed by atoms with Crippen LogP contribution < -0.4 is 15.4 Å².